The zero-order valence-corrected chi connectivity index (χ0v) is 15.5. The van der Waals surface area contributed by atoms with Crippen molar-refractivity contribution >= 4 is 22.5 Å². The molecule has 0 radical (unpaired) electrons. The third kappa shape index (κ3) is 2.82. The average Bonchev–Trinajstić information content (AvgIpc) is 3.34. The van der Waals surface area contributed by atoms with Gasteiger partial charge in [0.1, 0.15) is 17.4 Å². The number of fused-ring (bicyclic) bond motifs is 1. The molecule has 0 atom stereocenters. The molecular weight excluding hydrogens is 392 g/mol. The van der Waals surface area contributed by atoms with Gasteiger partial charge in [-0.3, -0.25) is 0 Å². The van der Waals surface area contributed by atoms with E-state index in [2.05, 4.69) is 15.3 Å². The molecule has 10 heteroatoms. The van der Waals surface area contributed by atoms with Crippen molar-refractivity contribution in [3.63, 3.8) is 0 Å². The lowest BCUT2D eigenvalue weighted by Crippen LogP contribution is -2.06. The maximum Gasteiger partial charge on any atom is 0.278 e. The molecule has 0 spiro atoms. The van der Waals surface area contributed by atoms with Crippen molar-refractivity contribution in [2.75, 3.05) is 0 Å². The lowest BCUT2D eigenvalue weighted by molar-refractivity contribution is 0.142. The largest absolute Gasteiger partial charge is 0.361 e. The molecule has 0 aliphatic rings. The molecule has 0 aliphatic carbocycles. The summed E-state index contributed by atoms with van der Waals surface area (Å²) in [5, 5.41) is 17.3. The second-order valence-corrected chi connectivity index (χ2v) is 6.52. The number of hydrogen-bond acceptors (Lipinski definition) is 6. The van der Waals surface area contributed by atoms with Gasteiger partial charge in [0.05, 0.1) is 34.0 Å². The number of aromatic nitrogens is 4. The number of aryl methyl sites for hydroxylation is 2. The summed E-state index contributed by atoms with van der Waals surface area (Å²) in [5.41, 5.74) is 1.57. The number of alkyl halides is 2. The van der Waals surface area contributed by atoms with Crippen LogP contribution < -0.4 is 0 Å². The lowest BCUT2D eigenvalue weighted by atomic mass is 10.1. The topological polar surface area (TPSA) is 93.7 Å². The van der Waals surface area contributed by atoms with E-state index in [0.717, 1.165) is 0 Å². The molecule has 0 N–H and O–H groups in total. The number of hydrogen-bond donors (Lipinski definition) is 0. The molecule has 4 rings (SSSR count). The Morgan fingerprint density at radius 3 is 2.68 bits per heavy atom. The van der Waals surface area contributed by atoms with Crippen molar-refractivity contribution in [2.24, 2.45) is 0 Å². The molecule has 0 amide bonds. The molecule has 1 aromatic carbocycles. The minimum atomic E-state index is -2.75. The summed E-state index contributed by atoms with van der Waals surface area (Å²) in [6, 6.07) is 6.28. The van der Waals surface area contributed by atoms with Crippen LogP contribution in [0.1, 0.15) is 35.0 Å². The lowest BCUT2D eigenvalue weighted by Gasteiger charge is -2.07. The zero-order valence-electron chi connectivity index (χ0n) is 14.7. The quantitative estimate of drug-likeness (QED) is 0.485. The number of halogens is 3. The Morgan fingerprint density at radius 1 is 1.25 bits per heavy atom. The highest BCUT2D eigenvalue weighted by Gasteiger charge is 2.23. The first-order valence-corrected chi connectivity index (χ1v) is 8.54. The Bertz CT molecular complexity index is 1220. The fourth-order valence-electron chi connectivity index (χ4n) is 3.11. The zero-order chi connectivity index (χ0) is 20.0. The number of rotatable bonds is 4. The van der Waals surface area contributed by atoms with Crippen LogP contribution in [0.15, 0.2) is 27.2 Å². The smallest absolute Gasteiger partial charge is 0.278 e. The van der Waals surface area contributed by atoms with Crippen molar-refractivity contribution in [1.82, 2.24) is 19.9 Å². The Labute approximate surface area is 162 Å². The summed E-state index contributed by atoms with van der Waals surface area (Å²) in [6.45, 7) is 3.39. The minimum absolute atomic E-state index is 0.0573. The molecule has 0 saturated heterocycles. The van der Waals surface area contributed by atoms with Gasteiger partial charge < -0.3 is 13.6 Å². The first-order chi connectivity index (χ1) is 13.4. The summed E-state index contributed by atoms with van der Waals surface area (Å²) in [5.74, 6) is 0.921. The van der Waals surface area contributed by atoms with Gasteiger partial charge in [-0.1, -0.05) is 21.9 Å². The second kappa shape index (κ2) is 6.73. The standard InChI is InChI=1S/C18H12ClF2N5O2/c1-8-15(9(2)27-24-8)18-23-14(25-28-18)7-26-12-4-3-10(6-22)16(19)11(12)5-13(26)17(20)21/h3-5,17H,7H2,1-2H3. The average molecular weight is 404 g/mol. The maximum absolute atomic E-state index is 13.6. The van der Waals surface area contributed by atoms with Crippen LogP contribution in [0.4, 0.5) is 8.78 Å². The van der Waals surface area contributed by atoms with Crippen LogP contribution in [0.25, 0.3) is 22.4 Å². The van der Waals surface area contributed by atoms with Gasteiger partial charge in [-0.05, 0) is 32.0 Å². The third-order valence-corrected chi connectivity index (χ3v) is 4.82. The Balaban J connectivity index is 1.79. The van der Waals surface area contributed by atoms with Crippen LogP contribution in [0.3, 0.4) is 0 Å². The van der Waals surface area contributed by atoms with Crippen molar-refractivity contribution in [1.29, 1.82) is 5.26 Å². The van der Waals surface area contributed by atoms with Crippen LogP contribution in [0, 0.1) is 25.2 Å². The summed E-state index contributed by atoms with van der Waals surface area (Å²) >= 11 is 6.19. The third-order valence-electron chi connectivity index (χ3n) is 4.41. The molecule has 4 aromatic rings. The summed E-state index contributed by atoms with van der Waals surface area (Å²) in [7, 11) is 0. The van der Waals surface area contributed by atoms with E-state index in [0.29, 0.717) is 27.9 Å². The molecule has 0 fully saturated rings. The maximum atomic E-state index is 13.6. The molecule has 0 saturated carbocycles. The number of nitriles is 1. The van der Waals surface area contributed by atoms with E-state index in [1.807, 2.05) is 6.07 Å². The van der Waals surface area contributed by atoms with Crippen LogP contribution in [0.5, 0.6) is 0 Å². The Morgan fingerprint density at radius 2 is 2.04 bits per heavy atom. The molecule has 3 aromatic heterocycles. The van der Waals surface area contributed by atoms with Gasteiger partial charge in [-0.2, -0.15) is 10.2 Å². The fraction of sp³-hybridized carbons (Fsp3) is 0.222. The number of benzene rings is 1. The normalized spacial score (nSPS) is 11.5. The van der Waals surface area contributed by atoms with E-state index in [9.17, 15) is 8.78 Å². The van der Waals surface area contributed by atoms with E-state index in [-0.39, 0.29) is 34.5 Å². The van der Waals surface area contributed by atoms with Gasteiger partial charge >= 0.3 is 0 Å². The molecule has 142 valence electrons. The molecular formula is C18H12ClF2N5O2. The van der Waals surface area contributed by atoms with Gasteiger partial charge in [0.25, 0.3) is 12.3 Å². The Kier molecular flexibility index (Phi) is 4.35. The highest BCUT2D eigenvalue weighted by Crippen LogP contribution is 2.34. The van der Waals surface area contributed by atoms with Gasteiger partial charge in [-0.25, -0.2) is 8.78 Å². The summed E-state index contributed by atoms with van der Waals surface area (Å²) in [6.07, 6.45) is -2.75. The van der Waals surface area contributed by atoms with E-state index in [1.165, 1.54) is 16.7 Å². The molecule has 28 heavy (non-hydrogen) atoms. The first kappa shape index (κ1) is 18.1. The predicted octanol–water partition coefficient (Wildman–Crippen LogP) is 4.81. The fourth-order valence-corrected chi connectivity index (χ4v) is 3.37. The van der Waals surface area contributed by atoms with E-state index in [4.69, 9.17) is 25.9 Å². The van der Waals surface area contributed by atoms with Crippen LogP contribution >= 0.6 is 11.6 Å². The molecule has 7 nitrogen and oxygen atoms in total. The van der Waals surface area contributed by atoms with Crippen molar-refractivity contribution in [2.45, 2.75) is 26.8 Å². The van der Waals surface area contributed by atoms with Gasteiger partial charge in [0.2, 0.25) is 0 Å². The molecule has 3 heterocycles. The second-order valence-electron chi connectivity index (χ2n) is 6.14. The molecule has 0 aliphatic heterocycles. The van der Waals surface area contributed by atoms with E-state index < -0.39 is 6.43 Å². The van der Waals surface area contributed by atoms with Crippen molar-refractivity contribution in [3.8, 4) is 17.5 Å². The summed E-state index contributed by atoms with van der Waals surface area (Å²) < 4.78 is 38.9. The summed E-state index contributed by atoms with van der Waals surface area (Å²) in [4.78, 5) is 4.28. The molecule has 0 unspecified atom stereocenters. The van der Waals surface area contributed by atoms with Crippen molar-refractivity contribution < 1.29 is 17.8 Å². The van der Waals surface area contributed by atoms with Gasteiger partial charge in [0, 0.05) is 5.39 Å². The highest BCUT2D eigenvalue weighted by atomic mass is 35.5. The van der Waals surface area contributed by atoms with Gasteiger partial charge in [0.15, 0.2) is 5.82 Å². The van der Waals surface area contributed by atoms with E-state index in [1.54, 1.807) is 19.9 Å². The SMILES string of the molecule is Cc1noc(C)c1-c1nc(Cn2c(C(F)F)cc3c(Cl)c(C#N)ccc32)no1. The monoisotopic (exact) mass is 403 g/mol. The molecule has 0 bridgehead atoms. The highest BCUT2D eigenvalue weighted by molar-refractivity contribution is 6.36. The van der Waals surface area contributed by atoms with Crippen LogP contribution in [-0.2, 0) is 6.54 Å². The Hall–Kier alpha value is -3.25. The number of nitrogens with zero attached hydrogens (tertiary/aromatic N) is 5. The van der Waals surface area contributed by atoms with Crippen molar-refractivity contribution in [3.05, 3.63) is 51.8 Å². The van der Waals surface area contributed by atoms with E-state index >= 15 is 0 Å². The predicted molar refractivity (Wildman–Crippen MR) is 95.0 cm³/mol. The van der Waals surface area contributed by atoms with Crippen LogP contribution in [-0.4, -0.2) is 19.9 Å². The first-order valence-electron chi connectivity index (χ1n) is 8.16. The minimum Gasteiger partial charge on any atom is -0.361 e. The van der Waals surface area contributed by atoms with Gasteiger partial charge in [-0.15, -0.1) is 0 Å². The van der Waals surface area contributed by atoms with Crippen LogP contribution in [0.2, 0.25) is 5.02 Å².